The predicted molar refractivity (Wildman–Crippen MR) is 108 cm³/mol. The third-order valence-corrected chi connectivity index (χ3v) is 3.96. The SMILES string of the molecule is CCOC(=O)c1cccc(-c2ccc(/C=N\NC(=O)c3cccc([N+](=O)[O-])c3)o2)c1. The summed E-state index contributed by atoms with van der Waals surface area (Å²) in [6, 6.07) is 15.5. The van der Waals surface area contributed by atoms with Crippen LogP contribution in [0, 0.1) is 10.1 Å². The van der Waals surface area contributed by atoms with Crippen LogP contribution in [-0.2, 0) is 4.74 Å². The highest BCUT2D eigenvalue weighted by molar-refractivity contribution is 5.95. The molecule has 0 bridgehead atoms. The Morgan fingerprint density at radius 3 is 2.67 bits per heavy atom. The molecule has 0 saturated carbocycles. The van der Waals surface area contributed by atoms with Crippen LogP contribution in [-0.4, -0.2) is 29.6 Å². The number of non-ortho nitro benzene ring substituents is 1. The van der Waals surface area contributed by atoms with E-state index in [0.29, 0.717) is 22.6 Å². The van der Waals surface area contributed by atoms with Crippen molar-refractivity contribution in [1.29, 1.82) is 0 Å². The number of nitrogens with one attached hydrogen (secondary N) is 1. The number of benzene rings is 2. The van der Waals surface area contributed by atoms with E-state index in [1.165, 1.54) is 24.4 Å². The van der Waals surface area contributed by atoms with Crippen LogP contribution in [0.5, 0.6) is 0 Å². The standard InChI is InChI=1S/C21H17N3O6/c1-2-29-21(26)16-7-3-5-14(11-16)19-10-9-18(30-19)13-22-23-20(25)15-6-4-8-17(12-15)24(27)28/h3-13H,2H2,1H3,(H,23,25)/b22-13-. The molecule has 1 N–H and O–H groups in total. The molecule has 1 heterocycles. The number of hydrogen-bond donors (Lipinski definition) is 1. The molecule has 3 aromatic rings. The summed E-state index contributed by atoms with van der Waals surface area (Å²) in [7, 11) is 0. The minimum atomic E-state index is -0.594. The Morgan fingerprint density at radius 1 is 1.13 bits per heavy atom. The fraction of sp³-hybridized carbons (Fsp3) is 0.0952. The van der Waals surface area contributed by atoms with Crippen LogP contribution >= 0.6 is 0 Å². The molecule has 30 heavy (non-hydrogen) atoms. The number of carbonyl (C=O) groups excluding carboxylic acids is 2. The predicted octanol–water partition coefficient (Wildman–Crippen LogP) is 3.80. The van der Waals surface area contributed by atoms with Gasteiger partial charge in [-0.05, 0) is 37.3 Å². The molecule has 0 radical (unpaired) electrons. The van der Waals surface area contributed by atoms with E-state index in [2.05, 4.69) is 10.5 Å². The van der Waals surface area contributed by atoms with Gasteiger partial charge in [0.15, 0.2) is 0 Å². The van der Waals surface area contributed by atoms with Gasteiger partial charge in [-0.25, -0.2) is 10.2 Å². The normalized spacial score (nSPS) is 10.7. The molecule has 0 saturated heterocycles. The second kappa shape index (κ2) is 9.28. The molecule has 152 valence electrons. The van der Waals surface area contributed by atoms with Gasteiger partial charge in [0.1, 0.15) is 11.5 Å². The summed E-state index contributed by atoms with van der Waals surface area (Å²) in [4.78, 5) is 34.1. The topological polar surface area (TPSA) is 124 Å². The van der Waals surface area contributed by atoms with Gasteiger partial charge < -0.3 is 9.15 Å². The van der Waals surface area contributed by atoms with Crippen molar-refractivity contribution in [3.05, 3.63) is 87.7 Å². The van der Waals surface area contributed by atoms with Crippen LogP contribution in [0.25, 0.3) is 11.3 Å². The molecule has 1 amide bonds. The molecule has 0 aliphatic carbocycles. The molecule has 0 fully saturated rings. The van der Waals surface area contributed by atoms with Crippen LogP contribution in [0.3, 0.4) is 0 Å². The van der Waals surface area contributed by atoms with E-state index in [0.717, 1.165) is 6.07 Å². The van der Waals surface area contributed by atoms with E-state index < -0.39 is 16.8 Å². The minimum absolute atomic E-state index is 0.109. The lowest BCUT2D eigenvalue weighted by molar-refractivity contribution is -0.384. The van der Waals surface area contributed by atoms with Gasteiger partial charge in [-0.2, -0.15) is 5.10 Å². The number of nitro benzene ring substituents is 1. The first-order chi connectivity index (χ1) is 14.5. The van der Waals surface area contributed by atoms with Gasteiger partial charge in [-0.3, -0.25) is 14.9 Å². The average molecular weight is 407 g/mol. The lowest BCUT2D eigenvalue weighted by atomic mass is 10.1. The second-order valence-corrected chi connectivity index (χ2v) is 6.01. The van der Waals surface area contributed by atoms with Crippen molar-refractivity contribution >= 4 is 23.8 Å². The number of nitrogens with zero attached hydrogens (tertiary/aromatic N) is 2. The van der Waals surface area contributed by atoms with Crippen LogP contribution in [0.4, 0.5) is 5.69 Å². The first-order valence-electron chi connectivity index (χ1n) is 8.93. The maximum atomic E-state index is 12.1. The monoisotopic (exact) mass is 407 g/mol. The van der Waals surface area contributed by atoms with E-state index in [4.69, 9.17) is 9.15 Å². The molecule has 0 aliphatic heterocycles. The largest absolute Gasteiger partial charge is 0.462 e. The zero-order valence-corrected chi connectivity index (χ0v) is 15.9. The van der Waals surface area contributed by atoms with Gasteiger partial charge >= 0.3 is 5.97 Å². The molecular formula is C21H17N3O6. The van der Waals surface area contributed by atoms with Crippen LogP contribution in [0.2, 0.25) is 0 Å². The third-order valence-electron chi connectivity index (χ3n) is 3.96. The number of hydrazone groups is 1. The number of amides is 1. The van der Waals surface area contributed by atoms with Gasteiger partial charge in [0, 0.05) is 23.3 Å². The van der Waals surface area contributed by atoms with E-state index in [-0.39, 0.29) is 17.9 Å². The van der Waals surface area contributed by atoms with Crippen LogP contribution in [0.15, 0.2) is 70.2 Å². The Bertz CT molecular complexity index is 1120. The number of carbonyl (C=O) groups is 2. The Labute approximate surface area is 171 Å². The van der Waals surface area contributed by atoms with Crippen molar-refractivity contribution in [2.75, 3.05) is 6.61 Å². The summed E-state index contributed by atoms with van der Waals surface area (Å²) in [6.07, 6.45) is 1.30. The van der Waals surface area contributed by atoms with Gasteiger partial charge in [0.05, 0.1) is 23.3 Å². The number of hydrogen-bond acceptors (Lipinski definition) is 7. The molecule has 1 aromatic heterocycles. The summed E-state index contributed by atoms with van der Waals surface area (Å²) in [6.45, 7) is 2.02. The number of rotatable bonds is 7. The Kier molecular flexibility index (Phi) is 6.33. The molecular weight excluding hydrogens is 390 g/mol. The Balaban J connectivity index is 1.67. The van der Waals surface area contributed by atoms with Crippen molar-refractivity contribution in [1.82, 2.24) is 5.43 Å². The first-order valence-corrected chi connectivity index (χ1v) is 8.93. The summed E-state index contributed by atoms with van der Waals surface area (Å²) >= 11 is 0. The van der Waals surface area contributed by atoms with Gasteiger partial charge in [-0.1, -0.05) is 18.2 Å². The fourth-order valence-corrected chi connectivity index (χ4v) is 2.57. The van der Waals surface area contributed by atoms with Crippen molar-refractivity contribution in [2.45, 2.75) is 6.92 Å². The number of esters is 1. The molecule has 0 spiro atoms. The maximum Gasteiger partial charge on any atom is 0.338 e. The number of furan rings is 1. The average Bonchev–Trinajstić information content (AvgIpc) is 3.23. The van der Waals surface area contributed by atoms with Crippen molar-refractivity contribution in [2.24, 2.45) is 5.10 Å². The quantitative estimate of drug-likeness (QED) is 0.275. The van der Waals surface area contributed by atoms with Crippen molar-refractivity contribution < 1.29 is 23.7 Å². The van der Waals surface area contributed by atoms with E-state index in [9.17, 15) is 19.7 Å². The van der Waals surface area contributed by atoms with Gasteiger partial charge in [-0.15, -0.1) is 0 Å². The van der Waals surface area contributed by atoms with E-state index in [1.807, 2.05) is 0 Å². The number of ether oxygens (including phenoxy) is 1. The molecule has 9 nitrogen and oxygen atoms in total. The zero-order chi connectivity index (χ0) is 21.5. The highest BCUT2D eigenvalue weighted by atomic mass is 16.6. The maximum absolute atomic E-state index is 12.1. The summed E-state index contributed by atoms with van der Waals surface area (Å²) in [5.74, 6) is -0.140. The molecule has 0 atom stereocenters. The van der Waals surface area contributed by atoms with Gasteiger partial charge in [0.2, 0.25) is 0 Å². The van der Waals surface area contributed by atoms with Crippen LogP contribution in [0.1, 0.15) is 33.4 Å². The van der Waals surface area contributed by atoms with Gasteiger partial charge in [0.25, 0.3) is 11.6 Å². The lowest BCUT2D eigenvalue weighted by Crippen LogP contribution is -2.17. The highest BCUT2D eigenvalue weighted by Crippen LogP contribution is 2.23. The highest BCUT2D eigenvalue weighted by Gasteiger charge is 2.12. The van der Waals surface area contributed by atoms with Crippen molar-refractivity contribution in [3.8, 4) is 11.3 Å². The summed E-state index contributed by atoms with van der Waals surface area (Å²) in [5.41, 5.74) is 3.30. The first kappa shape index (κ1) is 20.5. The smallest absolute Gasteiger partial charge is 0.338 e. The zero-order valence-electron chi connectivity index (χ0n) is 15.9. The summed E-state index contributed by atoms with van der Waals surface area (Å²) in [5, 5.41) is 14.6. The molecule has 2 aromatic carbocycles. The molecule has 3 rings (SSSR count). The van der Waals surface area contributed by atoms with Crippen LogP contribution < -0.4 is 5.43 Å². The minimum Gasteiger partial charge on any atom is -0.462 e. The van der Waals surface area contributed by atoms with Crippen molar-refractivity contribution in [3.63, 3.8) is 0 Å². The number of nitro groups is 1. The molecule has 9 heteroatoms. The second-order valence-electron chi connectivity index (χ2n) is 6.01. The molecule has 0 unspecified atom stereocenters. The van der Waals surface area contributed by atoms with E-state index in [1.54, 1.807) is 43.3 Å². The molecule has 0 aliphatic rings. The Morgan fingerprint density at radius 2 is 1.90 bits per heavy atom. The fourth-order valence-electron chi connectivity index (χ4n) is 2.57. The summed E-state index contributed by atoms with van der Waals surface area (Å²) < 4.78 is 10.6. The third kappa shape index (κ3) is 4.96. The van der Waals surface area contributed by atoms with E-state index >= 15 is 0 Å². The lowest BCUT2D eigenvalue weighted by Gasteiger charge is -2.03. The Hall–Kier alpha value is -4.27.